The molecule has 2 aromatic carbocycles. The van der Waals surface area contributed by atoms with E-state index in [1.165, 1.54) is 7.11 Å². The lowest BCUT2D eigenvalue weighted by molar-refractivity contribution is 0.0600. The summed E-state index contributed by atoms with van der Waals surface area (Å²) in [5, 5.41) is 4.10. The van der Waals surface area contributed by atoms with Crippen molar-refractivity contribution in [3.8, 4) is 17.2 Å². The molecule has 0 spiro atoms. The molecule has 1 aromatic heterocycles. The molecule has 2 heterocycles. The van der Waals surface area contributed by atoms with Crippen LogP contribution in [0.1, 0.15) is 37.7 Å². The quantitative estimate of drug-likeness (QED) is 0.389. The lowest BCUT2D eigenvalue weighted by Gasteiger charge is -2.10. The number of methoxy groups -OCH3 is 1. The lowest BCUT2D eigenvalue weighted by atomic mass is 10.2. The second-order valence-corrected chi connectivity index (χ2v) is 6.97. The Labute approximate surface area is 179 Å². The Morgan fingerprint density at radius 2 is 1.74 bits per heavy atom. The third kappa shape index (κ3) is 4.00. The van der Waals surface area contributed by atoms with Crippen LogP contribution in [0, 0.1) is 13.8 Å². The van der Waals surface area contributed by atoms with Gasteiger partial charge in [0.15, 0.2) is 11.5 Å². The SMILES string of the molecule is COC(=O)c1ccc(-n2c(C)cc(/C=N\NC(=O)c3ccc4c(c3)OCO4)c2C)cc1. The van der Waals surface area contributed by atoms with Crippen molar-refractivity contribution in [2.75, 3.05) is 13.9 Å². The van der Waals surface area contributed by atoms with Gasteiger partial charge in [-0.2, -0.15) is 5.10 Å². The lowest BCUT2D eigenvalue weighted by Crippen LogP contribution is -2.17. The number of hydrogen-bond acceptors (Lipinski definition) is 6. The highest BCUT2D eigenvalue weighted by Gasteiger charge is 2.16. The van der Waals surface area contributed by atoms with Crippen molar-refractivity contribution in [1.82, 2.24) is 9.99 Å². The smallest absolute Gasteiger partial charge is 0.337 e. The highest BCUT2D eigenvalue weighted by atomic mass is 16.7. The predicted octanol–water partition coefficient (Wildman–Crippen LogP) is 3.37. The van der Waals surface area contributed by atoms with Crippen LogP contribution < -0.4 is 14.9 Å². The van der Waals surface area contributed by atoms with Gasteiger partial charge in [0.2, 0.25) is 6.79 Å². The molecule has 4 rings (SSSR count). The van der Waals surface area contributed by atoms with Gasteiger partial charge in [0.05, 0.1) is 18.9 Å². The molecule has 0 unspecified atom stereocenters. The number of carbonyl (C=O) groups is 2. The number of rotatable bonds is 5. The molecular formula is C23H21N3O5. The van der Waals surface area contributed by atoms with E-state index in [1.807, 2.05) is 36.6 Å². The van der Waals surface area contributed by atoms with Gasteiger partial charge in [0.1, 0.15) is 0 Å². The van der Waals surface area contributed by atoms with E-state index in [0.29, 0.717) is 22.6 Å². The fourth-order valence-corrected chi connectivity index (χ4v) is 3.44. The number of nitrogens with zero attached hydrogens (tertiary/aromatic N) is 2. The Hall–Kier alpha value is -4.07. The standard InChI is InChI=1S/C23H21N3O5/c1-14-10-18(15(2)26(14)19-7-4-16(5-8-19)23(28)29-3)12-24-25-22(27)17-6-9-20-21(11-17)31-13-30-20/h4-12H,13H2,1-3H3,(H,25,27)/b24-12-. The predicted molar refractivity (Wildman–Crippen MR) is 114 cm³/mol. The molecule has 0 aliphatic carbocycles. The van der Waals surface area contributed by atoms with Crippen LogP contribution in [0.5, 0.6) is 11.5 Å². The third-order valence-corrected chi connectivity index (χ3v) is 5.02. The highest BCUT2D eigenvalue weighted by Crippen LogP contribution is 2.32. The Kier molecular flexibility index (Phi) is 5.44. The maximum Gasteiger partial charge on any atom is 0.337 e. The Bertz CT molecular complexity index is 1180. The van der Waals surface area contributed by atoms with Crippen molar-refractivity contribution in [1.29, 1.82) is 0 Å². The van der Waals surface area contributed by atoms with Gasteiger partial charge in [0.25, 0.3) is 5.91 Å². The molecule has 0 radical (unpaired) electrons. The summed E-state index contributed by atoms with van der Waals surface area (Å²) in [5.41, 5.74) is 7.16. The second kappa shape index (κ2) is 8.35. The van der Waals surface area contributed by atoms with E-state index in [1.54, 1.807) is 36.5 Å². The molecule has 1 aliphatic rings. The molecule has 8 heteroatoms. The molecule has 158 valence electrons. The van der Waals surface area contributed by atoms with Crippen molar-refractivity contribution in [2.45, 2.75) is 13.8 Å². The van der Waals surface area contributed by atoms with Crippen LogP contribution in [0.2, 0.25) is 0 Å². The van der Waals surface area contributed by atoms with Gasteiger partial charge in [-0.25, -0.2) is 10.2 Å². The van der Waals surface area contributed by atoms with E-state index in [9.17, 15) is 9.59 Å². The van der Waals surface area contributed by atoms with E-state index < -0.39 is 0 Å². The van der Waals surface area contributed by atoms with Gasteiger partial charge in [-0.05, 0) is 62.4 Å². The first-order valence-corrected chi connectivity index (χ1v) is 9.58. The molecule has 1 N–H and O–H groups in total. The Morgan fingerprint density at radius 1 is 1.03 bits per heavy atom. The summed E-state index contributed by atoms with van der Waals surface area (Å²) in [6.45, 7) is 4.09. The summed E-state index contributed by atoms with van der Waals surface area (Å²) in [6, 6.07) is 14.1. The van der Waals surface area contributed by atoms with Gasteiger partial charge in [-0.1, -0.05) is 0 Å². The molecule has 0 bridgehead atoms. The summed E-state index contributed by atoms with van der Waals surface area (Å²) < 4.78 is 17.3. The zero-order chi connectivity index (χ0) is 22.0. The number of aryl methyl sites for hydroxylation is 1. The molecule has 1 aliphatic heterocycles. The largest absolute Gasteiger partial charge is 0.465 e. The molecule has 0 saturated heterocycles. The molecule has 8 nitrogen and oxygen atoms in total. The van der Waals surface area contributed by atoms with E-state index in [0.717, 1.165) is 22.6 Å². The Balaban J connectivity index is 1.49. The van der Waals surface area contributed by atoms with Crippen LogP contribution in [0.3, 0.4) is 0 Å². The van der Waals surface area contributed by atoms with Gasteiger partial charge < -0.3 is 18.8 Å². The van der Waals surface area contributed by atoms with Crippen LogP contribution in [0.4, 0.5) is 0 Å². The third-order valence-electron chi connectivity index (χ3n) is 5.02. The molecular weight excluding hydrogens is 398 g/mol. The number of hydrazone groups is 1. The van der Waals surface area contributed by atoms with Crippen LogP contribution in [-0.2, 0) is 4.74 Å². The van der Waals surface area contributed by atoms with E-state index in [-0.39, 0.29) is 18.7 Å². The topological polar surface area (TPSA) is 91.2 Å². The maximum atomic E-state index is 12.4. The van der Waals surface area contributed by atoms with E-state index >= 15 is 0 Å². The van der Waals surface area contributed by atoms with Crippen molar-refractivity contribution in [3.63, 3.8) is 0 Å². The summed E-state index contributed by atoms with van der Waals surface area (Å²) >= 11 is 0. The molecule has 31 heavy (non-hydrogen) atoms. The number of benzene rings is 2. The van der Waals surface area contributed by atoms with Crippen molar-refractivity contribution in [3.05, 3.63) is 76.6 Å². The zero-order valence-electron chi connectivity index (χ0n) is 17.3. The molecule has 0 saturated carbocycles. The van der Waals surface area contributed by atoms with Crippen LogP contribution in [0.15, 0.2) is 53.6 Å². The number of ether oxygens (including phenoxy) is 3. The van der Waals surface area contributed by atoms with E-state index in [4.69, 9.17) is 14.2 Å². The average molecular weight is 419 g/mol. The highest BCUT2D eigenvalue weighted by molar-refractivity contribution is 5.95. The summed E-state index contributed by atoms with van der Waals surface area (Å²) in [5.74, 6) is 0.436. The maximum absolute atomic E-state index is 12.4. The van der Waals surface area contributed by atoms with E-state index in [2.05, 4.69) is 10.5 Å². The fourth-order valence-electron chi connectivity index (χ4n) is 3.44. The number of amides is 1. The second-order valence-electron chi connectivity index (χ2n) is 6.97. The minimum Gasteiger partial charge on any atom is -0.465 e. The van der Waals surface area contributed by atoms with Crippen LogP contribution >= 0.6 is 0 Å². The first kappa shape index (κ1) is 20.2. The molecule has 0 atom stereocenters. The van der Waals surface area contributed by atoms with Crippen molar-refractivity contribution < 1.29 is 23.8 Å². The number of carbonyl (C=O) groups excluding carboxylic acids is 2. The van der Waals surface area contributed by atoms with Crippen LogP contribution in [-0.4, -0.2) is 36.6 Å². The average Bonchev–Trinajstić information content (AvgIpc) is 3.36. The van der Waals surface area contributed by atoms with Gasteiger partial charge >= 0.3 is 5.97 Å². The number of esters is 1. The number of hydrogen-bond donors (Lipinski definition) is 1. The normalized spacial score (nSPS) is 12.2. The number of fused-ring (bicyclic) bond motifs is 1. The van der Waals surface area contributed by atoms with Crippen molar-refractivity contribution >= 4 is 18.1 Å². The van der Waals surface area contributed by atoms with Gasteiger partial charge in [0, 0.05) is 28.2 Å². The molecule has 0 fully saturated rings. The zero-order valence-corrected chi connectivity index (χ0v) is 17.3. The molecule has 3 aromatic rings. The fraction of sp³-hybridized carbons (Fsp3) is 0.174. The monoisotopic (exact) mass is 419 g/mol. The summed E-state index contributed by atoms with van der Waals surface area (Å²) in [7, 11) is 1.35. The van der Waals surface area contributed by atoms with Crippen molar-refractivity contribution in [2.24, 2.45) is 5.10 Å². The van der Waals surface area contributed by atoms with Crippen LogP contribution in [0.25, 0.3) is 5.69 Å². The summed E-state index contributed by atoms with van der Waals surface area (Å²) in [4.78, 5) is 24.0. The summed E-state index contributed by atoms with van der Waals surface area (Å²) in [6.07, 6.45) is 1.60. The molecule has 1 amide bonds. The minimum absolute atomic E-state index is 0.152. The number of aromatic nitrogens is 1. The first-order chi connectivity index (χ1) is 15.0. The number of nitrogens with one attached hydrogen (secondary N) is 1. The minimum atomic E-state index is -0.376. The van der Waals surface area contributed by atoms with Gasteiger partial charge in [-0.3, -0.25) is 4.79 Å². The van der Waals surface area contributed by atoms with Gasteiger partial charge in [-0.15, -0.1) is 0 Å². The first-order valence-electron chi connectivity index (χ1n) is 9.58. The Morgan fingerprint density at radius 3 is 2.48 bits per heavy atom.